The second kappa shape index (κ2) is 12.7. The molecule has 8 aromatic carbocycles. The summed E-state index contributed by atoms with van der Waals surface area (Å²) in [5.74, 6) is 1.38. The van der Waals surface area contributed by atoms with Gasteiger partial charge in [-0.25, -0.2) is 15.0 Å². The highest BCUT2D eigenvalue weighted by Gasteiger charge is 2.35. The molecule has 0 fully saturated rings. The molecule has 59 heavy (non-hydrogen) atoms. The van der Waals surface area contributed by atoms with Crippen LogP contribution in [0, 0.1) is 0 Å². The van der Waals surface area contributed by atoms with Crippen LogP contribution < -0.4 is 0 Å². The van der Waals surface area contributed by atoms with E-state index in [0.29, 0.717) is 45.2 Å². The van der Waals surface area contributed by atoms with Crippen LogP contribution in [0.1, 0.15) is 31.8 Å². The summed E-state index contributed by atoms with van der Waals surface area (Å²) in [4.78, 5) is 15.7. The van der Waals surface area contributed by atoms with Crippen molar-refractivity contribution in [2.75, 3.05) is 0 Å². The molecule has 1 aliphatic rings. The van der Waals surface area contributed by atoms with Crippen LogP contribution in [0.15, 0.2) is 186 Å². The van der Waals surface area contributed by atoms with E-state index in [2.05, 4.69) is 97.3 Å². The first kappa shape index (κ1) is 28.7. The summed E-state index contributed by atoms with van der Waals surface area (Å²) in [5.41, 5.74) is 11.2. The first-order chi connectivity index (χ1) is 31.1. The maximum Gasteiger partial charge on any atom is 0.167 e. The van der Waals surface area contributed by atoms with Gasteiger partial charge in [0.2, 0.25) is 0 Å². The topological polar surface area (TPSA) is 56.7 Å². The first-order valence-corrected chi connectivity index (χ1v) is 19.7. The molecule has 5 nitrogen and oxygen atoms in total. The lowest BCUT2D eigenvalue weighted by Crippen LogP contribution is -2.14. The Morgan fingerprint density at radius 1 is 0.458 bits per heavy atom. The van der Waals surface area contributed by atoms with Gasteiger partial charge in [-0.05, 0) is 58.1 Å². The molecule has 0 saturated heterocycles. The monoisotopic (exact) mass is 761 g/mol. The number of furan rings is 1. The molecule has 0 aliphatic heterocycles. The third-order valence-corrected chi connectivity index (χ3v) is 11.9. The average molecular weight is 762 g/mol. The molecule has 0 saturated carbocycles. The molecular weight excluding hydrogens is 721 g/mol. The van der Waals surface area contributed by atoms with Crippen LogP contribution in [0.25, 0.3) is 106 Å². The van der Waals surface area contributed by atoms with Crippen molar-refractivity contribution in [1.29, 1.82) is 0 Å². The van der Waals surface area contributed by atoms with Crippen LogP contribution in [-0.2, 0) is 5.41 Å². The summed E-state index contributed by atoms with van der Waals surface area (Å²) >= 11 is 0. The third-order valence-electron chi connectivity index (χ3n) is 11.9. The Bertz CT molecular complexity index is 3700. The van der Waals surface area contributed by atoms with E-state index in [4.69, 9.17) is 26.2 Å². The lowest BCUT2D eigenvalue weighted by Gasteiger charge is -2.21. The number of benzene rings is 8. The minimum atomic E-state index is -0.454. The fourth-order valence-corrected chi connectivity index (χ4v) is 9.16. The molecule has 0 spiro atoms. The smallest absolute Gasteiger partial charge is 0.167 e. The van der Waals surface area contributed by atoms with Crippen LogP contribution >= 0.6 is 0 Å². The molecular formula is C54H36N4O. The fourth-order valence-electron chi connectivity index (χ4n) is 9.16. The Balaban J connectivity index is 1.18. The molecule has 0 unspecified atom stereocenters. The van der Waals surface area contributed by atoms with Gasteiger partial charge in [0.05, 0.1) is 23.5 Å². The van der Waals surface area contributed by atoms with Crippen LogP contribution in [-0.4, -0.2) is 19.5 Å². The van der Waals surface area contributed by atoms with Gasteiger partial charge in [0.15, 0.2) is 17.5 Å². The Morgan fingerprint density at radius 2 is 1.07 bits per heavy atom. The Labute approximate surface area is 347 Å². The fraction of sp³-hybridized carbons (Fsp3) is 0.0556. The maximum atomic E-state index is 8.92. The van der Waals surface area contributed by atoms with E-state index < -0.39 is 18.1 Å². The van der Waals surface area contributed by atoms with Crippen molar-refractivity contribution < 1.29 is 11.3 Å². The van der Waals surface area contributed by atoms with Gasteiger partial charge in [-0.2, -0.15) is 0 Å². The van der Waals surface area contributed by atoms with Gasteiger partial charge in [-0.1, -0.05) is 165 Å². The molecule has 0 bridgehead atoms. The number of fused-ring (bicyclic) bond motifs is 9. The minimum absolute atomic E-state index is 0.0648. The van der Waals surface area contributed by atoms with E-state index in [-0.39, 0.29) is 23.1 Å². The van der Waals surface area contributed by atoms with E-state index in [0.717, 1.165) is 49.6 Å². The molecule has 5 heteroatoms. The van der Waals surface area contributed by atoms with E-state index in [9.17, 15) is 0 Å². The Hall–Kier alpha value is -7.63. The van der Waals surface area contributed by atoms with Crippen molar-refractivity contribution in [1.82, 2.24) is 19.5 Å². The summed E-state index contributed by atoms with van der Waals surface area (Å²) in [5, 5.41) is 3.67. The standard InChI is InChI=1S/C54H36N4O/c1-54(2)45-25-12-9-20-38(45)42-30-35(28-29-46(42)54)52-55-51(34-18-7-4-8-19-34)56-53(57-52)44-32-36(58-47-26-13-10-21-39(47)40-22-11-14-27-48(40)58)31-43-41-24-15-23-37(49(41)59-50(43)44)33-16-5-3-6-17-33/h3-32H,1-2H3/i3D,5D,6D,16D,17D. The Kier molecular flexibility index (Phi) is 6.18. The molecule has 0 N–H and O–H groups in total. The van der Waals surface area contributed by atoms with Crippen LogP contribution in [0.4, 0.5) is 0 Å². The SMILES string of the molecule is [2H]c1c([2H])c([2H])c(-c2cccc3c2oc2c(-c4nc(-c5ccccc5)nc(-c5ccc6c(c5)-c5ccccc5C6(C)C)n4)cc(-n4c5ccccc5c5ccccc54)cc23)c([2H])c1[2H]. The second-order valence-corrected chi connectivity index (χ2v) is 15.6. The van der Waals surface area contributed by atoms with Gasteiger partial charge in [-0.3, -0.25) is 0 Å². The van der Waals surface area contributed by atoms with Gasteiger partial charge in [-0.15, -0.1) is 0 Å². The van der Waals surface area contributed by atoms with E-state index in [1.807, 2.05) is 66.7 Å². The molecule has 3 heterocycles. The van der Waals surface area contributed by atoms with E-state index in [1.54, 1.807) is 6.07 Å². The zero-order valence-electron chi connectivity index (χ0n) is 37.1. The predicted octanol–water partition coefficient (Wildman–Crippen LogP) is 13.8. The van der Waals surface area contributed by atoms with Gasteiger partial charge in [0.1, 0.15) is 11.2 Å². The number of para-hydroxylation sites is 3. The summed E-state index contributed by atoms with van der Waals surface area (Å²) in [7, 11) is 0. The molecule has 11 aromatic rings. The molecule has 1 aliphatic carbocycles. The largest absolute Gasteiger partial charge is 0.455 e. The zero-order valence-corrected chi connectivity index (χ0v) is 32.1. The number of rotatable bonds is 5. The molecule has 12 rings (SSSR count). The first-order valence-electron chi connectivity index (χ1n) is 22.2. The van der Waals surface area contributed by atoms with Crippen LogP contribution in [0.3, 0.4) is 0 Å². The quantitative estimate of drug-likeness (QED) is 0.175. The number of hydrogen-bond acceptors (Lipinski definition) is 4. The van der Waals surface area contributed by atoms with Crippen molar-refractivity contribution >= 4 is 43.7 Å². The molecule has 0 atom stereocenters. The zero-order chi connectivity index (χ0) is 43.6. The Morgan fingerprint density at radius 3 is 1.85 bits per heavy atom. The van der Waals surface area contributed by atoms with Crippen LogP contribution in [0.2, 0.25) is 0 Å². The average Bonchev–Trinajstić information content (AvgIpc) is 3.96. The number of nitrogens with zero attached hydrogens (tertiary/aromatic N) is 4. The normalized spacial score (nSPS) is 14.2. The molecule has 0 amide bonds. The molecule has 278 valence electrons. The third kappa shape index (κ3) is 5.08. The lowest BCUT2D eigenvalue weighted by molar-refractivity contribution is 0.660. The van der Waals surface area contributed by atoms with Crippen molar-refractivity contribution in [2.24, 2.45) is 0 Å². The lowest BCUT2D eigenvalue weighted by atomic mass is 9.82. The highest BCUT2D eigenvalue weighted by molar-refractivity contribution is 6.15. The minimum Gasteiger partial charge on any atom is -0.455 e. The van der Waals surface area contributed by atoms with E-state index >= 15 is 0 Å². The van der Waals surface area contributed by atoms with Gasteiger partial charge in [0, 0.05) is 49.3 Å². The van der Waals surface area contributed by atoms with Crippen molar-refractivity contribution in [3.63, 3.8) is 0 Å². The van der Waals surface area contributed by atoms with Crippen molar-refractivity contribution in [2.45, 2.75) is 19.3 Å². The summed E-state index contributed by atoms with van der Waals surface area (Å²) < 4.78 is 52.3. The van der Waals surface area contributed by atoms with Crippen molar-refractivity contribution in [3.05, 3.63) is 193 Å². The van der Waals surface area contributed by atoms with Gasteiger partial charge in [0.25, 0.3) is 0 Å². The molecule has 0 radical (unpaired) electrons. The molecule has 3 aromatic heterocycles. The van der Waals surface area contributed by atoms with Crippen LogP contribution in [0.5, 0.6) is 0 Å². The predicted molar refractivity (Wildman–Crippen MR) is 241 cm³/mol. The van der Waals surface area contributed by atoms with Gasteiger partial charge < -0.3 is 8.98 Å². The summed E-state index contributed by atoms with van der Waals surface area (Å²) in [6.45, 7) is 4.52. The second-order valence-electron chi connectivity index (χ2n) is 15.6. The van der Waals surface area contributed by atoms with Crippen molar-refractivity contribution in [3.8, 4) is 62.1 Å². The number of hydrogen-bond donors (Lipinski definition) is 0. The highest BCUT2D eigenvalue weighted by atomic mass is 16.3. The van der Waals surface area contributed by atoms with Gasteiger partial charge >= 0.3 is 0 Å². The highest BCUT2D eigenvalue weighted by Crippen LogP contribution is 2.50. The van der Waals surface area contributed by atoms with E-state index in [1.165, 1.54) is 16.7 Å². The summed E-state index contributed by atoms with van der Waals surface area (Å²) in [6.07, 6.45) is 0. The maximum absolute atomic E-state index is 8.92. The summed E-state index contributed by atoms with van der Waals surface area (Å²) in [6, 6.07) is 49.4. The number of aromatic nitrogens is 4.